The van der Waals surface area contributed by atoms with Crippen LogP contribution in [0.2, 0.25) is 0 Å². The third-order valence-corrected chi connectivity index (χ3v) is 5.37. The summed E-state index contributed by atoms with van der Waals surface area (Å²) in [6.45, 7) is 4.71. The molecule has 1 fully saturated rings. The Morgan fingerprint density at radius 1 is 1.24 bits per heavy atom. The summed E-state index contributed by atoms with van der Waals surface area (Å²) in [5, 5.41) is 13.0. The minimum absolute atomic E-state index is 0.102. The summed E-state index contributed by atoms with van der Waals surface area (Å²) in [4.78, 5) is 16.5. The molecule has 0 aromatic heterocycles. The van der Waals surface area contributed by atoms with Crippen molar-refractivity contribution >= 4 is 5.97 Å². The van der Waals surface area contributed by atoms with Crippen LogP contribution in [-0.4, -0.2) is 55.3 Å². The standard InChI is InChI=1S/C25H29FN4O3/c1-3-32-25(31)22(15-27)24(28-16-19-7-5-4-6-8-19)29(2)23-18-30(13-14-33-23)17-20-9-11-21(26)12-10-20/h4-12,23,28H,3,13-14,16-18H2,1-2H3/b24-22-. The van der Waals surface area contributed by atoms with E-state index in [4.69, 9.17) is 9.47 Å². The number of hydrogen-bond donors (Lipinski definition) is 1. The number of rotatable bonds is 9. The van der Waals surface area contributed by atoms with Gasteiger partial charge in [-0.3, -0.25) is 4.90 Å². The maximum atomic E-state index is 13.2. The lowest BCUT2D eigenvalue weighted by atomic mass is 10.2. The molecule has 1 saturated heterocycles. The van der Waals surface area contributed by atoms with Crippen molar-refractivity contribution in [3.8, 4) is 6.07 Å². The Hall–Kier alpha value is -3.41. The van der Waals surface area contributed by atoms with Crippen molar-refractivity contribution < 1.29 is 18.7 Å². The first kappa shape index (κ1) is 24.2. The van der Waals surface area contributed by atoms with Crippen molar-refractivity contribution in [3.05, 3.63) is 82.9 Å². The zero-order chi connectivity index (χ0) is 23.6. The van der Waals surface area contributed by atoms with Gasteiger partial charge in [-0.1, -0.05) is 42.5 Å². The first-order valence-electron chi connectivity index (χ1n) is 10.9. The summed E-state index contributed by atoms with van der Waals surface area (Å²) in [6.07, 6.45) is -0.393. The number of carbonyl (C=O) groups excluding carboxylic acids is 1. The van der Waals surface area contributed by atoms with Crippen LogP contribution in [0.3, 0.4) is 0 Å². The van der Waals surface area contributed by atoms with Gasteiger partial charge in [-0.15, -0.1) is 0 Å². The molecule has 2 aromatic rings. The number of likely N-dealkylation sites (N-methyl/N-ethyl adjacent to an activating group) is 1. The van der Waals surface area contributed by atoms with Gasteiger partial charge in [0.05, 0.1) is 13.2 Å². The van der Waals surface area contributed by atoms with Gasteiger partial charge in [0.15, 0.2) is 5.57 Å². The van der Waals surface area contributed by atoms with Crippen LogP contribution >= 0.6 is 0 Å². The third-order valence-electron chi connectivity index (χ3n) is 5.37. The number of nitriles is 1. The molecule has 174 valence electrons. The first-order chi connectivity index (χ1) is 16.0. The molecule has 3 rings (SSSR count). The van der Waals surface area contributed by atoms with E-state index in [0.717, 1.165) is 17.7 Å². The lowest BCUT2D eigenvalue weighted by Crippen LogP contribution is -2.51. The molecule has 1 unspecified atom stereocenters. The van der Waals surface area contributed by atoms with E-state index in [-0.39, 0.29) is 18.0 Å². The number of esters is 1. The van der Waals surface area contributed by atoms with E-state index in [1.165, 1.54) is 12.1 Å². The lowest BCUT2D eigenvalue weighted by Gasteiger charge is -2.39. The smallest absolute Gasteiger partial charge is 0.352 e. The van der Waals surface area contributed by atoms with E-state index in [1.54, 1.807) is 31.0 Å². The Balaban J connectivity index is 1.78. The van der Waals surface area contributed by atoms with Crippen LogP contribution in [0.1, 0.15) is 18.1 Å². The summed E-state index contributed by atoms with van der Waals surface area (Å²) in [7, 11) is 1.79. The van der Waals surface area contributed by atoms with Crippen molar-refractivity contribution in [1.82, 2.24) is 15.1 Å². The van der Waals surface area contributed by atoms with Crippen LogP contribution < -0.4 is 5.32 Å². The predicted octanol–water partition coefficient (Wildman–Crippen LogP) is 3.00. The molecule has 1 atom stereocenters. The van der Waals surface area contributed by atoms with E-state index < -0.39 is 12.2 Å². The fourth-order valence-electron chi connectivity index (χ4n) is 3.62. The van der Waals surface area contributed by atoms with Gasteiger partial charge in [-0.25, -0.2) is 9.18 Å². The van der Waals surface area contributed by atoms with Crippen molar-refractivity contribution in [2.24, 2.45) is 0 Å². The highest BCUT2D eigenvalue weighted by Crippen LogP contribution is 2.18. The second-order valence-corrected chi connectivity index (χ2v) is 7.69. The molecule has 7 nitrogen and oxygen atoms in total. The molecule has 0 bridgehead atoms. The average Bonchev–Trinajstić information content (AvgIpc) is 2.83. The Morgan fingerprint density at radius 2 is 1.97 bits per heavy atom. The summed E-state index contributed by atoms with van der Waals surface area (Å²) < 4.78 is 24.3. The van der Waals surface area contributed by atoms with E-state index in [9.17, 15) is 14.4 Å². The van der Waals surface area contributed by atoms with Gasteiger partial charge >= 0.3 is 5.97 Å². The zero-order valence-corrected chi connectivity index (χ0v) is 19.0. The maximum absolute atomic E-state index is 13.2. The zero-order valence-electron chi connectivity index (χ0n) is 19.0. The molecule has 1 heterocycles. The third kappa shape index (κ3) is 6.78. The summed E-state index contributed by atoms with van der Waals surface area (Å²) in [5.74, 6) is -0.588. The fraction of sp³-hybridized carbons (Fsp3) is 0.360. The van der Waals surface area contributed by atoms with E-state index >= 15 is 0 Å². The average molecular weight is 453 g/mol. The van der Waals surface area contributed by atoms with Gasteiger partial charge in [0.25, 0.3) is 0 Å². The fourth-order valence-corrected chi connectivity index (χ4v) is 3.62. The molecule has 0 saturated carbocycles. The molecular formula is C25H29FN4O3. The number of morpholine rings is 1. The Labute approximate surface area is 194 Å². The highest BCUT2D eigenvalue weighted by molar-refractivity contribution is 5.93. The molecule has 0 radical (unpaired) electrons. The van der Waals surface area contributed by atoms with Crippen molar-refractivity contribution in [3.63, 3.8) is 0 Å². The highest BCUT2D eigenvalue weighted by Gasteiger charge is 2.29. The monoisotopic (exact) mass is 452 g/mol. The molecule has 2 aromatic carbocycles. The molecule has 33 heavy (non-hydrogen) atoms. The molecular weight excluding hydrogens is 423 g/mol. The SMILES string of the molecule is CCOC(=O)/C(C#N)=C(/NCc1ccccc1)N(C)C1CN(Cc2ccc(F)cc2)CCO1. The predicted molar refractivity (Wildman–Crippen MR) is 122 cm³/mol. The van der Waals surface area contributed by atoms with Gasteiger partial charge < -0.3 is 19.7 Å². The number of nitrogens with zero attached hydrogens (tertiary/aromatic N) is 3. The summed E-state index contributed by atoms with van der Waals surface area (Å²) in [5.41, 5.74) is 1.91. The van der Waals surface area contributed by atoms with E-state index in [0.29, 0.717) is 32.1 Å². The second kappa shape index (κ2) is 12.0. The molecule has 1 aliphatic heterocycles. The Bertz CT molecular complexity index is 989. The first-order valence-corrected chi connectivity index (χ1v) is 10.9. The molecule has 0 amide bonds. The minimum Gasteiger partial charge on any atom is -0.462 e. The number of halogens is 1. The molecule has 1 aliphatic rings. The Kier molecular flexibility index (Phi) is 8.81. The van der Waals surface area contributed by atoms with Crippen LogP contribution in [0, 0.1) is 17.1 Å². The molecule has 0 aliphatic carbocycles. The number of ether oxygens (including phenoxy) is 2. The van der Waals surface area contributed by atoms with Crippen LogP contribution in [0.4, 0.5) is 4.39 Å². The van der Waals surface area contributed by atoms with E-state index in [1.807, 2.05) is 36.4 Å². The van der Waals surface area contributed by atoms with Gasteiger partial charge in [0, 0.05) is 33.2 Å². The largest absolute Gasteiger partial charge is 0.462 e. The van der Waals surface area contributed by atoms with Crippen molar-refractivity contribution in [2.45, 2.75) is 26.2 Å². The number of hydrogen-bond acceptors (Lipinski definition) is 7. The van der Waals surface area contributed by atoms with Crippen molar-refractivity contribution in [1.29, 1.82) is 5.26 Å². The second-order valence-electron chi connectivity index (χ2n) is 7.69. The topological polar surface area (TPSA) is 77.8 Å². The van der Waals surface area contributed by atoms with Gasteiger partial charge in [0.2, 0.25) is 0 Å². The highest BCUT2D eigenvalue weighted by atomic mass is 19.1. The van der Waals surface area contributed by atoms with Gasteiger partial charge in [-0.05, 0) is 30.2 Å². The summed E-state index contributed by atoms with van der Waals surface area (Å²) >= 11 is 0. The van der Waals surface area contributed by atoms with Crippen LogP contribution in [-0.2, 0) is 27.4 Å². The van der Waals surface area contributed by atoms with E-state index in [2.05, 4.69) is 10.2 Å². The molecule has 0 spiro atoms. The number of nitrogens with one attached hydrogen (secondary N) is 1. The number of carbonyl (C=O) groups is 1. The van der Waals surface area contributed by atoms with Crippen LogP contribution in [0.25, 0.3) is 0 Å². The lowest BCUT2D eigenvalue weighted by molar-refractivity contribution is -0.138. The minimum atomic E-state index is -0.679. The van der Waals surface area contributed by atoms with Gasteiger partial charge in [-0.2, -0.15) is 5.26 Å². The van der Waals surface area contributed by atoms with Crippen LogP contribution in [0.5, 0.6) is 0 Å². The molecule has 1 N–H and O–H groups in total. The maximum Gasteiger partial charge on any atom is 0.352 e. The van der Waals surface area contributed by atoms with Crippen LogP contribution in [0.15, 0.2) is 66.0 Å². The quantitative estimate of drug-likeness (QED) is 0.356. The molecule has 8 heteroatoms. The normalized spacial score (nSPS) is 17.0. The van der Waals surface area contributed by atoms with Gasteiger partial charge in [0.1, 0.15) is 23.9 Å². The number of benzene rings is 2. The van der Waals surface area contributed by atoms with Crippen molar-refractivity contribution in [2.75, 3.05) is 33.4 Å². The summed E-state index contributed by atoms with van der Waals surface area (Å²) in [6, 6.07) is 18.1. The Morgan fingerprint density at radius 3 is 2.64 bits per heavy atom.